The summed E-state index contributed by atoms with van der Waals surface area (Å²) in [5, 5.41) is 0. The van der Waals surface area contributed by atoms with Gasteiger partial charge < -0.3 is 4.57 Å². The molecule has 0 aliphatic heterocycles. The van der Waals surface area contributed by atoms with Gasteiger partial charge in [-0.15, -0.1) is 0 Å². The molecule has 2 rings (SSSR count). The van der Waals surface area contributed by atoms with Crippen molar-refractivity contribution in [2.75, 3.05) is 0 Å². The van der Waals surface area contributed by atoms with Crippen LogP contribution in [0.15, 0.2) is 36.7 Å². The van der Waals surface area contributed by atoms with Crippen LogP contribution < -0.4 is 11.3 Å². The van der Waals surface area contributed by atoms with Crippen molar-refractivity contribution >= 4 is 0 Å². The van der Waals surface area contributed by atoms with Crippen LogP contribution in [0, 0.1) is 5.82 Å². The summed E-state index contributed by atoms with van der Waals surface area (Å²) in [6.45, 7) is 3.05. The highest BCUT2D eigenvalue weighted by Crippen LogP contribution is 2.18. The number of nitrogens with two attached hydrogens (primary N) is 1. The van der Waals surface area contributed by atoms with Gasteiger partial charge in [-0.25, -0.2) is 9.37 Å². The molecule has 0 fully saturated rings. The van der Waals surface area contributed by atoms with Crippen LogP contribution in [0.5, 0.6) is 0 Å². The van der Waals surface area contributed by atoms with Crippen LogP contribution in [0.2, 0.25) is 0 Å². The van der Waals surface area contributed by atoms with Crippen molar-refractivity contribution in [2.45, 2.75) is 32.4 Å². The van der Waals surface area contributed by atoms with Gasteiger partial charge in [-0.3, -0.25) is 11.3 Å². The molecular weight excluding hydrogens is 243 g/mol. The number of rotatable bonds is 6. The van der Waals surface area contributed by atoms with Crippen molar-refractivity contribution in [3.63, 3.8) is 0 Å². The number of nitrogens with zero attached hydrogens (tertiary/aromatic N) is 2. The molecule has 0 aliphatic rings. The minimum Gasteiger partial charge on any atom is -0.335 e. The van der Waals surface area contributed by atoms with Gasteiger partial charge in [0.25, 0.3) is 0 Å². The zero-order valence-corrected chi connectivity index (χ0v) is 11.0. The van der Waals surface area contributed by atoms with Crippen LogP contribution in [0.25, 0.3) is 0 Å². The molecule has 1 heterocycles. The SMILES string of the molecule is CCCn1ccnc1CC(NN)c1cccc(F)c1. The van der Waals surface area contributed by atoms with Crippen molar-refractivity contribution in [3.05, 3.63) is 53.9 Å². The van der Waals surface area contributed by atoms with Crippen LogP contribution in [-0.4, -0.2) is 9.55 Å². The quantitative estimate of drug-likeness (QED) is 0.619. The van der Waals surface area contributed by atoms with E-state index in [1.54, 1.807) is 12.3 Å². The fourth-order valence-electron chi connectivity index (χ4n) is 2.15. The number of hydrogen-bond donors (Lipinski definition) is 2. The van der Waals surface area contributed by atoms with Gasteiger partial charge in [0.1, 0.15) is 11.6 Å². The van der Waals surface area contributed by atoms with Gasteiger partial charge in [0.2, 0.25) is 0 Å². The summed E-state index contributed by atoms with van der Waals surface area (Å²) in [5.41, 5.74) is 3.56. The molecule has 0 radical (unpaired) electrons. The van der Waals surface area contributed by atoms with E-state index in [9.17, 15) is 4.39 Å². The zero-order valence-electron chi connectivity index (χ0n) is 11.0. The van der Waals surface area contributed by atoms with Crippen molar-refractivity contribution in [1.29, 1.82) is 0 Å². The maximum absolute atomic E-state index is 13.3. The molecule has 0 saturated carbocycles. The second-order valence-corrected chi connectivity index (χ2v) is 4.52. The Hall–Kier alpha value is -1.72. The lowest BCUT2D eigenvalue weighted by atomic mass is 10.0. The molecule has 0 saturated heterocycles. The third kappa shape index (κ3) is 3.39. The third-order valence-electron chi connectivity index (χ3n) is 3.11. The molecule has 102 valence electrons. The lowest BCUT2D eigenvalue weighted by Crippen LogP contribution is -2.30. The second-order valence-electron chi connectivity index (χ2n) is 4.52. The molecule has 1 atom stereocenters. The summed E-state index contributed by atoms with van der Waals surface area (Å²) in [6, 6.07) is 6.33. The monoisotopic (exact) mass is 262 g/mol. The first kappa shape index (κ1) is 13.7. The first-order valence-corrected chi connectivity index (χ1v) is 6.46. The lowest BCUT2D eigenvalue weighted by Gasteiger charge is -2.17. The average Bonchev–Trinajstić information content (AvgIpc) is 2.84. The van der Waals surface area contributed by atoms with E-state index in [1.165, 1.54) is 12.1 Å². The van der Waals surface area contributed by atoms with Gasteiger partial charge in [0.05, 0.1) is 6.04 Å². The Morgan fingerprint density at radius 2 is 2.32 bits per heavy atom. The number of imidazole rings is 1. The highest BCUT2D eigenvalue weighted by molar-refractivity contribution is 5.21. The number of halogens is 1. The Bertz CT molecular complexity index is 524. The summed E-state index contributed by atoms with van der Waals surface area (Å²) in [7, 11) is 0. The molecule has 4 nitrogen and oxygen atoms in total. The molecule has 19 heavy (non-hydrogen) atoms. The molecule has 1 aromatic carbocycles. The number of hydrazine groups is 1. The van der Waals surface area contributed by atoms with Crippen molar-refractivity contribution < 1.29 is 4.39 Å². The van der Waals surface area contributed by atoms with Gasteiger partial charge in [-0.1, -0.05) is 19.1 Å². The molecule has 1 unspecified atom stereocenters. The smallest absolute Gasteiger partial charge is 0.123 e. The number of nitrogens with one attached hydrogen (secondary N) is 1. The Morgan fingerprint density at radius 3 is 3.00 bits per heavy atom. The van der Waals surface area contributed by atoms with Crippen molar-refractivity contribution in [3.8, 4) is 0 Å². The van der Waals surface area contributed by atoms with Crippen molar-refractivity contribution in [1.82, 2.24) is 15.0 Å². The minimum atomic E-state index is -0.255. The molecule has 2 aromatic rings. The molecule has 0 bridgehead atoms. The fraction of sp³-hybridized carbons (Fsp3) is 0.357. The van der Waals surface area contributed by atoms with E-state index in [2.05, 4.69) is 21.9 Å². The van der Waals surface area contributed by atoms with E-state index in [-0.39, 0.29) is 11.9 Å². The molecule has 5 heteroatoms. The third-order valence-corrected chi connectivity index (χ3v) is 3.11. The van der Waals surface area contributed by atoms with Crippen LogP contribution in [-0.2, 0) is 13.0 Å². The van der Waals surface area contributed by atoms with Gasteiger partial charge in [-0.05, 0) is 24.1 Å². The van der Waals surface area contributed by atoms with Crippen LogP contribution in [0.1, 0.15) is 30.8 Å². The van der Waals surface area contributed by atoms with Crippen LogP contribution >= 0.6 is 0 Å². The Balaban J connectivity index is 2.17. The normalized spacial score (nSPS) is 12.6. The number of benzene rings is 1. The van der Waals surface area contributed by atoms with Gasteiger partial charge in [0.15, 0.2) is 0 Å². The van der Waals surface area contributed by atoms with E-state index in [0.29, 0.717) is 6.42 Å². The second kappa shape index (κ2) is 6.45. The summed E-state index contributed by atoms with van der Waals surface area (Å²) in [6.07, 6.45) is 5.42. The highest BCUT2D eigenvalue weighted by atomic mass is 19.1. The number of hydrogen-bond acceptors (Lipinski definition) is 3. The maximum atomic E-state index is 13.3. The Labute approximate surface area is 112 Å². The summed E-state index contributed by atoms with van der Waals surface area (Å²) >= 11 is 0. The molecular formula is C14H19FN4. The highest BCUT2D eigenvalue weighted by Gasteiger charge is 2.14. The van der Waals surface area contributed by atoms with Gasteiger partial charge >= 0.3 is 0 Å². The van der Waals surface area contributed by atoms with Gasteiger partial charge in [0, 0.05) is 25.4 Å². The van der Waals surface area contributed by atoms with E-state index in [4.69, 9.17) is 5.84 Å². The van der Waals surface area contributed by atoms with Crippen molar-refractivity contribution in [2.24, 2.45) is 5.84 Å². The van der Waals surface area contributed by atoms with E-state index < -0.39 is 0 Å². The standard InChI is InChI=1S/C14H19FN4/c1-2-7-19-8-6-17-14(19)10-13(18-16)11-4-3-5-12(15)9-11/h3-6,8-9,13,18H,2,7,10,16H2,1H3. The Morgan fingerprint density at radius 1 is 1.47 bits per heavy atom. The zero-order chi connectivity index (χ0) is 13.7. The predicted octanol–water partition coefficient (Wildman–Crippen LogP) is 2.18. The van der Waals surface area contributed by atoms with Gasteiger partial charge in [-0.2, -0.15) is 0 Å². The van der Waals surface area contributed by atoms with E-state index >= 15 is 0 Å². The lowest BCUT2D eigenvalue weighted by molar-refractivity contribution is 0.513. The first-order chi connectivity index (χ1) is 9.24. The molecule has 1 aromatic heterocycles. The van der Waals surface area contributed by atoms with Crippen LogP contribution in [0.3, 0.4) is 0 Å². The maximum Gasteiger partial charge on any atom is 0.123 e. The van der Waals surface area contributed by atoms with E-state index in [0.717, 1.165) is 24.4 Å². The number of aromatic nitrogens is 2. The molecule has 3 N–H and O–H groups in total. The average molecular weight is 262 g/mol. The summed E-state index contributed by atoms with van der Waals surface area (Å²) < 4.78 is 15.4. The topological polar surface area (TPSA) is 55.9 Å². The fourth-order valence-corrected chi connectivity index (χ4v) is 2.15. The molecule has 0 amide bonds. The summed E-state index contributed by atoms with van der Waals surface area (Å²) in [5.74, 6) is 6.28. The summed E-state index contributed by atoms with van der Waals surface area (Å²) in [4.78, 5) is 4.34. The first-order valence-electron chi connectivity index (χ1n) is 6.46. The molecule has 0 spiro atoms. The van der Waals surface area contributed by atoms with Crippen LogP contribution in [0.4, 0.5) is 4.39 Å². The Kier molecular flexibility index (Phi) is 4.65. The largest absolute Gasteiger partial charge is 0.335 e. The minimum absolute atomic E-state index is 0.145. The number of aryl methyl sites for hydroxylation is 1. The predicted molar refractivity (Wildman–Crippen MR) is 72.7 cm³/mol. The van der Waals surface area contributed by atoms with E-state index in [1.807, 2.05) is 12.3 Å². The molecule has 0 aliphatic carbocycles.